The van der Waals surface area contributed by atoms with Gasteiger partial charge in [-0.3, -0.25) is 14.4 Å². The Morgan fingerprint density at radius 2 is 0.794 bits per heavy atom. The van der Waals surface area contributed by atoms with Gasteiger partial charge in [-0.15, -0.1) is 68.0 Å². The van der Waals surface area contributed by atoms with Crippen molar-refractivity contribution in [3.8, 4) is 63.4 Å². The lowest BCUT2D eigenvalue weighted by Gasteiger charge is -2.28. The van der Waals surface area contributed by atoms with Crippen LogP contribution in [0.3, 0.4) is 0 Å². The number of unbranched alkanes of at least 4 members (excludes halogenated alkanes) is 28. The van der Waals surface area contributed by atoms with E-state index in [-0.39, 0.29) is 22.7 Å². The summed E-state index contributed by atoms with van der Waals surface area (Å²) in [7, 11) is 0. The van der Waals surface area contributed by atoms with Crippen molar-refractivity contribution in [3.63, 3.8) is 0 Å². The van der Waals surface area contributed by atoms with Crippen molar-refractivity contribution in [2.45, 2.75) is 319 Å². The zero-order valence-corrected chi connectivity index (χ0v) is 81.0. The Balaban J connectivity index is 0.00000145. The lowest BCUT2D eigenvalue weighted by Crippen LogP contribution is -2.32. The molecule has 0 fully saturated rings. The molecule has 0 amide bonds. The summed E-state index contributed by atoms with van der Waals surface area (Å²) in [4.78, 5) is 45.7. The maximum atomic E-state index is 15.4. The van der Waals surface area contributed by atoms with Gasteiger partial charge in [0.25, 0.3) is 10.9 Å². The fraction of sp³-hybridized carbons (Fsp3) is 0.481. The summed E-state index contributed by atoms with van der Waals surface area (Å²) >= 11 is 11.7. The number of nitrogens with zero attached hydrogens (tertiary/aromatic N) is 4. The van der Waals surface area contributed by atoms with E-state index in [2.05, 4.69) is 171 Å². The third-order valence-electron chi connectivity index (χ3n) is 26.1. The molecule has 0 spiro atoms. The van der Waals surface area contributed by atoms with Gasteiger partial charge in [0.15, 0.2) is 5.78 Å². The Morgan fingerprint density at radius 1 is 0.381 bits per heavy atom. The highest BCUT2D eigenvalue weighted by molar-refractivity contribution is 7.32. The third kappa shape index (κ3) is 20.0. The van der Waals surface area contributed by atoms with Gasteiger partial charge in [-0.25, -0.2) is 0 Å². The summed E-state index contributed by atoms with van der Waals surface area (Å²) < 4.78 is 29.9. The third-order valence-corrected chi connectivity index (χ3v) is 33.7. The van der Waals surface area contributed by atoms with Crippen LogP contribution in [0.15, 0.2) is 130 Å². The zero-order valence-electron chi connectivity index (χ0n) is 76.1. The molecule has 10 heterocycles. The SMILES string of the molecule is CCCCCCCCn1/c(=C/C2=C([O-])C(=C\C3=[N+](CCCCCCCC)c4ccc(-c5cc(OCCCCCC)c(-c6cc7c(s6)c6sc(CCCCCC)cc6n7CCCCCC)s5)c5cccc3c45)/C2=O)c2cccc3c(-c4cc(OCCCCCC)c(-c5cc6c(s5)c5sc(CCCCCC)cc5n6CCCCCC)s4)ccc1c32.O=c1c(O)c(O)c1=O. The molecule has 0 saturated heterocycles. The lowest BCUT2D eigenvalue weighted by molar-refractivity contribution is -0.436. The minimum atomic E-state index is -1.01. The number of Topliss-reactive ketones (excluding diaryl/α,β-unsaturated/α-hetero) is 1. The number of ketones is 1. The normalized spacial score (nSPS) is 13.5. The van der Waals surface area contributed by atoms with E-state index in [1.165, 1.54) is 292 Å². The summed E-state index contributed by atoms with van der Waals surface area (Å²) in [5, 5.41) is 38.6. The molecule has 16 rings (SSSR count). The second-order valence-electron chi connectivity index (χ2n) is 35.4. The molecule has 2 aliphatic rings. The number of benzene rings is 4. The molecule has 0 bridgehead atoms. The fourth-order valence-corrected chi connectivity index (χ4v) is 26.5. The van der Waals surface area contributed by atoms with Gasteiger partial charge in [-0.2, -0.15) is 4.58 Å². The topological polar surface area (TPSA) is 151 Å². The molecule has 0 saturated carbocycles. The van der Waals surface area contributed by atoms with Crippen molar-refractivity contribution in [1.82, 2.24) is 13.7 Å². The predicted molar refractivity (Wildman–Crippen MR) is 542 cm³/mol. The molecular weight excluding hydrogens is 1670 g/mol. The first-order valence-electron chi connectivity index (χ1n) is 48.5. The van der Waals surface area contributed by atoms with Crippen molar-refractivity contribution in [2.24, 2.45) is 0 Å². The van der Waals surface area contributed by atoms with E-state index in [1.54, 1.807) is 0 Å². The molecule has 12 nitrogen and oxygen atoms in total. The summed E-state index contributed by atoms with van der Waals surface area (Å²) in [6.45, 7) is 23.4. The molecule has 9 aromatic heterocycles. The fourth-order valence-electron chi connectivity index (χ4n) is 19.0. The lowest BCUT2D eigenvalue weighted by atomic mass is 9.86. The van der Waals surface area contributed by atoms with Crippen LogP contribution in [0.2, 0.25) is 0 Å². The Hall–Kier alpha value is -8.36. The molecule has 2 N–H and O–H groups in total. The van der Waals surface area contributed by atoms with Crippen molar-refractivity contribution in [2.75, 3.05) is 19.8 Å². The van der Waals surface area contributed by atoms with Crippen LogP contribution in [0.5, 0.6) is 23.0 Å². The van der Waals surface area contributed by atoms with Gasteiger partial charge >= 0.3 is 0 Å². The van der Waals surface area contributed by atoms with Crippen molar-refractivity contribution in [1.29, 1.82) is 0 Å². The number of aromatic nitrogens is 3. The van der Waals surface area contributed by atoms with E-state index in [1.807, 2.05) is 80.2 Å². The minimum absolute atomic E-state index is 0.173. The van der Waals surface area contributed by atoms with Gasteiger partial charge in [0.2, 0.25) is 22.9 Å². The van der Waals surface area contributed by atoms with Crippen molar-refractivity contribution < 1.29 is 34.2 Å². The average molecular weight is 1810 g/mol. The Labute approximate surface area is 769 Å². The minimum Gasteiger partial charge on any atom is -0.871 e. The van der Waals surface area contributed by atoms with E-state index in [0.29, 0.717) is 13.2 Å². The number of fused-ring (bicyclic) bond motifs is 6. The van der Waals surface area contributed by atoms with Gasteiger partial charge in [0, 0.05) is 96.1 Å². The quantitative estimate of drug-likeness (QED) is 0.0166. The highest BCUT2D eigenvalue weighted by Gasteiger charge is 2.36. The maximum Gasteiger partial charge on any atom is 0.275 e. The van der Waals surface area contributed by atoms with E-state index >= 15 is 9.90 Å². The molecule has 1 aliphatic heterocycles. The van der Waals surface area contributed by atoms with Crippen molar-refractivity contribution >= 4 is 165 Å². The van der Waals surface area contributed by atoms with E-state index in [0.717, 1.165) is 135 Å². The number of hydrogen-bond donors (Lipinski definition) is 2. The summed E-state index contributed by atoms with van der Waals surface area (Å²) in [5.74, 6) is -0.0364. The van der Waals surface area contributed by atoms with Gasteiger partial charge in [-0.1, -0.05) is 271 Å². The first-order valence-corrected chi connectivity index (χ1v) is 53.4. The molecule has 126 heavy (non-hydrogen) atoms. The van der Waals surface area contributed by atoms with Gasteiger partial charge in [0.1, 0.15) is 18.0 Å². The maximum absolute atomic E-state index is 15.4. The number of ether oxygens (including phenoxy) is 2. The van der Waals surface area contributed by atoms with Crippen LogP contribution in [0.4, 0.5) is 5.69 Å². The van der Waals surface area contributed by atoms with Crippen molar-refractivity contribution in [3.05, 3.63) is 161 Å². The number of aromatic hydroxyl groups is 2. The second kappa shape index (κ2) is 44.3. The number of carbonyl (C=O) groups excluding carboxylic acids is 1. The Kier molecular flexibility index (Phi) is 32.5. The first-order chi connectivity index (χ1) is 61.8. The smallest absolute Gasteiger partial charge is 0.275 e. The monoisotopic (exact) mass is 1800 g/mol. The largest absolute Gasteiger partial charge is 0.871 e. The van der Waals surface area contributed by atoms with Crippen LogP contribution >= 0.6 is 68.0 Å². The summed E-state index contributed by atoms with van der Waals surface area (Å²) in [6, 6.07) is 37.6. The number of hydrogen-bond acceptors (Lipinski definition) is 14. The molecule has 18 heteroatoms. The van der Waals surface area contributed by atoms with E-state index in [4.69, 9.17) is 19.7 Å². The molecular formula is C108H132N4O8S6. The molecule has 0 radical (unpaired) electrons. The van der Waals surface area contributed by atoms with Crippen LogP contribution < -0.4 is 30.8 Å². The zero-order chi connectivity index (χ0) is 87.7. The summed E-state index contributed by atoms with van der Waals surface area (Å²) in [5.41, 5.74) is 10.8. The predicted octanol–water partition coefficient (Wildman–Crippen LogP) is 30.7. The number of thiophene rings is 6. The summed E-state index contributed by atoms with van der Waals surface area (Å²) in [6.07, 6.45) is 49.6. The standard InChI is InChI=1S/C104H130N4O4S6.C4H2O4/c1-9-17-25-33-35-41-57-105-81-55-53-73(91-69-89(111-61-43-31-23-15-7)103(115-91)93-67-87-101(117-93)99-85(107(87)59-39-29-21-13-5)63-71(113-99)47-37-27-19-11-3)75-49-45-51-77(95(75)81)83(105)65-79-97(109)80(98(79)110)66-84-78-52-46-50-76-74(54-56-82(96(76)78)106(84)58-42-36-34-26-18-10-2)92-70-90(112-62-44-32-24-16-8)104(116-92)94-68-88-102(118-94)100-86(108(88)60-40-30-22-14-6)64-72(114-100)48-38-28-20-12-4;5-1-2(6)4(8)3(1)7/h45-46,49-56,63-70H,9-44,47-48,57-62H2,1-8H3;5-6H. The van der Waals surface area contributed by atoms with Crippen LogP contribution in [0, 0.1) is 0 Å². The molecule has 14 aromatic rings. The second-order valence-corrected chi connectivity index (χ2v) is 41.9. The van der Waals surface area contributed by atoms with Crippen LogP contribution in [0.25, 0.3) is 120 Å². The Morgan fingerprint density at radius 3 is 1.29 bits per heavy atom. The molecule has 668 valence electrons. The number of rotatable bonds is 52. The van der Waals surface area contributed by atoms with Crippen LogP contribution in [0.1, 0.15) is 302 Å². The van der Waals surface area contributed by atoms with E-state index < -0.39 is 22.4 Å². The molecule has 0 unspecified atom stereocenters. The molecule has 1 aliphatic carbocycles. The van der Waals surface area contributed by atoms with E-state index in [9.17, 15) is 9.59 Å². The highest BCUT2D eigenvalue weighted by Crippen LogP contribution is 2.54. The number of carbonyl (C=O) groups is 1. The first kappa shape index (κ1) is 92.4. The number of aryl methyl sites for hydroxylation is 5. The van der Waals surface area contributed by atoms with Gasteiger partial charge in [0.05, 0.1) is 84.5 Å². The van der Waals surface area contributed by atoms with Gasteiger partial charge < -0.3 is 38.5 Å². The van der Waals surface area contributed by atoms with Gasteiger partial charge in [-0.05, 0) is 141 Å². The van der Waals surface area contributed by atoms with Crippen LogP contribution in [-0.4, -0.2) is 59.7 Å². The van der Waals surface area contributed by atoms with Crippen LogP contribution in [-0.2, 0) is 37.3 Å². The highest BCUT2D eigenvalue weighted by atomic mass is 32.1. The average Bonchev–Trinajstić information content (AvgIpc) is 1.58. The molecule has 5 aromatic carbocycles. The molecule has 0 atom stereocenters. The Bertz CT molecular complexity index is 6300. The number of allylic oxidation sites excluding steroid dienone is 3.